The lowest BCUT2D eigenvalue weighted by Crippen LogP contribution is -2.27. The van der Waals surface area contributed by atoms with Gasteiger partial charge in [0.25, 0.3) is 5.91 Å². The number of hydrogen-bond donors (Lipinski definition) is 1. The van der Waals surface area contributed by atoms with Crippen LogP contribution >= 0.6 is 0 Å². The van der Waals surface area contributed by atoms with E-state index in [0.29, 0.717) is 31.1 Å². The van der Waals surface area contributed by atoms with Crippen molar-refractivity contribution >= 4 is 11.8 Å². The highest BCUT2D eigenvalue weighted by molar-refractivity contribution is 5.94. The van der Waals surface area contributed by atoms with Crippen LogP contribution in [0.3, 0.4) is 0 Å². The van der Waals surface area contributed by atoms with E-state index in [1.54, 1.807) is 4.90 Å². The lowest BCUT2D eigenvalue weighted by atomic mass is 10.1. The largest absolute Gasteiger partial charge is 0.352 e. The molecule has 1 aromatic rings. The Balaban J connectivity index is 2.09. The Morgan fingerprint density at radius 1 is 1.35 bits per heavy atom. The number of rotatable bonds is 4. The number of nitrogens with one attached hydrogen (secondary N) is 1. The molecular weight excluding hydrogens is 252 g/mol. The van der Waals surface area contributed by atoms with E-state index < -0.39 is 0 Å². The van der Waals surface area contributed by atoms with E-state index in [1.807, 2.05) is 18.2 Å². The lowest BCUT2D eigenvalue weighted by molar-refractivity contribution is -0.126. The van der Waals surface area contributed by atoms with Crippen LogP contribution in [0.5, 0.6) is 0 Å². The molecule has 106 valence electrons. The van der Waals surface area contributed by atoms with Gasteiger partial charge in [0.05, 0.1) is 0 Å². The highest BCUT2D eigenvalue weighted by Gasteiger charge is 2.22. The minimum Gasteiger partial charge on any atom is -0.352 e. The summed E-state index contributed by atoms with van der Waals surface area (Å²) in [5.74, 6) is 0.288. The van der Waals surface area contributed by atoms with Gasteiger partial charge in [-0.25, -0.2) is 0 Å². The van der Waals surface area contributed by atoms with Crippen LogP contribution in [0, 0.1) is 5.92 Å². The summed E-state index contributed by atoms with van der Waals surface area (Å²) in [6.07, 6.45) is 1.32. The molecule has 0 spiro atoms. The maximum atomic E-state index is 12.0. The number of hydrogen-bond acceptors (Lipinski definition) is 2. The van der Waals surface area contributed by atoms with Gasteiger partial charge in [-0.1, -0.05) is 26.5 Å². The summed E-state index contributed by atoms with van der Waals surface area (Å²) in [4.78, 5) is 25.3. The number of benzene rings is 1. The van der Waals surface area contributed by atoms with Gasteiger partial charge in [-0.15, -0.1) is 0 Å². The fourth-order valence-corrected chi connectivity index (χ4v) is 2.22. The maximum absolute atomic E-state index is 12.0. The van der Waals surface area contributed by atoms with E-state index in [4.69, 9.17) is 0 Å². The van der Waals surface area contributed by atoms with Crippen LogP contribution in [0.15, 0.2) is 30.9 Å². The van der Waals surface area contributed by atoms with Crippen LogP contribution in [0.25, 0.3) is 0 Å². The molecule has 1 heterocycles. The van der Waals surface area contributed by atoms with Crippen LogP contribution in [-0.4, -0.2) is 23.3 Å². The van der Waals surface area contributed by atoms with Gasteiger partial charge in [0.1, 0.15) is 0 Å². The van der Waals surface area contributed by atoms with E-state index in [2.05, 4.69) is 25.7 Å². The molecule has 0 bridgehead atoms. The molecule has 2 amide bonds. The van der Waals surface area contributed by atoms with Crippen molar-refractivity contribution in [1.82, 2.24) is 10.2 Å². The first-order valence-corrected chi connectivity index (χ1v) is 6.82. The summed E-state index contributed by atoms with van der Waals surface area (Å²) in [6.45, 7) is 9.42. The Labute approximate surface area is 119 Å². The van der Waals surface area contributed by atoms with E-state index in [-0.39, 0.29) is 11.8 Å². The van der Waals surface area contributed by atoms with Gasteiger partial charge in [0.2, 0.25) is 5.91 Å². The smallest absolute Gasteiger partial charge is 0.251 e. The molecule has 1 aromatic carbocycles. The number of fused-ring (bicyclic) bond motifs is 1. The molecule has 0 aliphatic carbocycles. The third-order valence-corrected chi connectivity index (χ3v) is 3.35. The molecule has 0 saturated carbocycles. The highest BCUT2D eigenvalue weighted by Crippen LogP contribution is 2.24. The van der Waals surface area contributed by atoms with Gasteiger partial charge in [0, 0.05) is 25.2 Å². The molecule has 20 heavy (non-hydrogen) atoms. The van der Waals surface area contributed by atoms with Gasteiger partial charge in [-0.05, 0) is 35.3 Å². The number of amides is 2. The minimum atomic E-state index is -0.0768. The van der Waals surface area contributed by atoms with Crippen LogP contribution in [-0.2, 0) is 17.9 Å². The monoisotopic (exact) mass is 272 g/mol. The van der Waals surface area contributed by atoms with Crippen molar-refractivity contribution < 1.29 is 9.59 Å². The molecule has 0 saturated heterocycles. The van der Waals surface area contributed by atoms with Gasteiger partial charge >= 0.3 is 0 Å². The van der Waals surface area contributed by atoms with Crippen molar-refractivity contribution in [3.63, 3.8) is 0 Å². The van der Waals surface area contributed by atoms with E-state index >= 15 is 0 Å². The quantitative estimate of drug-likeness (QED) is 0.853. The Hall–Kier alpha value is -2.10. The van der Waals surface area contributed by atoms with Crippen molar-refractivity contribution in [2.24, 2.45) is 5.92 Å². The number of nitrogens with zero attached hydrogens (tertiary/aromatic N) is 1. The third kappa shape index (κ3) is 3.07. The number of carbonyl (C=O) groups is 2. The molecular formula is C16H20N2O2. The Bertz CT molecular complexity index is 549. The molecule has 4 nitrogen and oxygen atoms in total. The van der Waals surface area contributed by atoms with E-state index in [0.717, 1.165) is 11.1 Å². The molecule has 1 aliphatic rings. The topological polar surface area (TPSA) is 49.4 Å². The predicted molar refractivity (Wildman–Crippen MR) is 78.1 cm³/mol. The zero-order valence-corrected chi connectivity index (χ0v) is 12.0. The number of carbonyl (C=O) groups excluding carboxylic acids is 2. The summed E-state index contributed by atoms with van der Waals surface area (Å²) >= 11 is 0. The maximum Gasteiger partial charge on any atom is 0.251 e. The summed E-state index contributed by atoms with van der Waals surface area (Å²) in [5.41, 5.74) is 2.79. The Morgan fingerprint density at radius 2 is 2.05 bits per heavy atom. The average molecular weight is 272 g/mol. The molecule has 0 fully saturated rings. The van der Waals surface area contributed by atoms with Crippen molar-refractivity contribution in [3.8, 4) is 0 Å². The Kier molecular flexibility index (Phi) is 4.23. The molecule has 1 N–H and O–H groups in total. The second kappa shape index (κ2) is 5.90. The second-order valence-electron chi connectivity index (χ2n) is 5.49. The zero-order chi connectivity index (χ0) is 14.7. The van der Waals surface area contributed by atoms with Crippen molar-refractivity contribution in [1.29, 1.82) is 0 Å². The van der Waals surface area contributed by atoms with Gasteiger partial charge in [-0.3, -0.25) is 9.59 Å². The fraction of sp³-hybridized carbons (Fsp3) is 0.375. The summed E-state index contributed by atoms with van der Waals surface area (Å²) < 4.78 is 0. The zero-order valence-electron chi connectivity index (χ0n) is 12.0. The van der Waals surface area contributed by atoms with E-state index in [1.165, 1.54) is 6.08 Å². The lowest BCUT2D eigenvalue weighted by Gasteiger charge is -2.11. The molecule has 0 atom stereocenters. The highest BCUT2D eigenvalue weighted by atomic mass is 16.2. The predicted octanol–water partition coefficient (Wildman–Crippen LogP) is 2.10. The van der Waals surface area contributed by atoms with Crippen LogP contribution in [0.4, 0.5) is 0 Å². The van der Waals surface area contributed by atoms with Gasteiger partial charge in [0.15, 0.2) is 0 Å². The standard InChI is InChI=1S/C16H20N2O2/c1-4-15(19)18-9-13-6-5-12(7-14(13)10-18)16(20)17-8-11(2)3/h4-7,11H,1,8-10H2,2-3H3,(H,17,20). The molecule has 2 rings (SSSR count). The summed E-state index contributed by atoms with van der Waals surface area (Å²) in [6, 6.07) is 5.62. The first-order valence-electron chi connectivity index (χ1n) is 6.82. The molecule has 0 unspecified atom stereocenters. The third-order valence-electron chi connectivity index (χ3n) is 3.35. The van der Waals surface area contributed by atoms with Crippen molar-refractivity contribution in [3.05, 3.63) is 47.5 Å². The SMILES string of the molecule is C=CC(=O)N1Cc2ccc(C(=O)NCC(C)C)cc2C1. The van der Waals surface area contributed by atoms with Gasteiger partial charge in [-0.2, -0.15) is 0 Å². The minimum absolute atomic E-state index is 0.0602. The molecule has 1 aliphatic heterocycles. The molecule has 4 heteroatoms. The van der Waals surface area contributed by atoms with Crippen LogP contribution in [0.2, 0.25) is 0 Å². The summed E-state index contributed by atoms with van der Waals surface area (Å²) in [7, 11) is 0. The normalized spacial score (nSPS) is 13.2. The van der Waals surface area contributed by atoms with Crippen molar-refractivity contribution in [2.75, 3.05) is 6.54 Å². The first-order chi connectivity index (χ1) is 9.51. The first kappa shape index (κ1) is 14.3. The molecule has 0 aromatic heterocycles. The molecule has 0 radical (unpaired) electrons. The fourth-order valence-electron chi connectivity index (χ4n) is 2.22. The van der Waals surface area contributed by atoms with E-state index in [9.17, 15) is 9.59 Å². The Morgan fingerprint density at radius 3 is 2.70 bits per heavy atom. The van der Waals surface area contributed by atoms with Gasteiger partial charge < -0.3 is 10.2 Å². The second-order valence-corrected chi connectivity index (χ2v) is 5.49. The average Bonchev–Trinajstić information content (AvgIpc) is 2.86. The van der Waals surface area contributed by atoms with Crippen molar-refractivity contribution in [2.45, 2.75) is 26.9 Å². The van der Waals surface area contributed by atoms with Crippen LogP contribution < -0.4 is 5.32 Å². The van der Waals surface area contributed by atoms with Crippen LogP contribution in [0.1, 0.15) is 35.3 Å². The summed E-state index contributed by atoms with van der Waals surface area (Å²) in [5, 5.41) is 2.90.